The molecular formula is C23H34N4O. The molecule has 0 spiro atoms. The molecule has 1 amide bonds. The van der Waals surface area contributed by atoms with E-state index >= 15 is 0 Å². The molecule has 1 aromatic carbocycles. The Bertz CT molecular complexity index is 725. The van der Waals surface area contributed by atoms with E-state index < -0.39 is 0 Å². The molecule has 0 radical (unpaired) electrons. The van der Waals surface area contributed by atoms with E-state index in [9.17, 15) is 4.79 Å². The lowest BCUT2D eigenvalue weighted by Crippen LogP contribution is -2.46. The van der Waals surface area contributed by atoms with Crippen molar-refractivity contribution in [1.82, 2.24) is 15.5 Å². The van der Waals surface area contributed by atoms with Crippen molar-refractivity contribution >= 4 is 11.9 Å². The van der Waals surface area contributed by atoms with Gasteiger partial charge in [0.2, 0.25) is 5.91 Å². The Hall–Kier alpha value is -2.04. The lowest BCUT2D eigenvalue weighted by molar-refractivity contribution is -0.134. The maximum atomic E-state index is 12.7. The lowest BCUT2D eigenvalue weighted by Gasteiger charge is -2.21. The standard InChI is InChI=1S/C23H34N4O/c1-3-24-23(26-21-14-20(21)19-11-7-4-8-16(19)2)25-18-12-13-27(15-18)22(28)17-9-5-6-10-17/h4,7-8,11,17-18,20-21H,3,5-6,9-10,12-15H2,1-2H3,(H2,24,25,26). The number of nitrogens with one attached hydrogen (secondary N) is 2. The predicted molar refractivity (Wildman–Crippen MR) is 114 cm³/mol. The van der Waals surface area contributed by atoms with Crippen LogP contribution < -0.4 is 10.6 Å². The fourth-order valence-electron chi connectivity index (χ4n) is 4.87. The number of guanidine groups is 1. The molecule has 3 atom stereocenters. The Labute approximate surface area is 169 Å². The maximum Gasteiger partial charge on any atom is 0.225 e. The Morgan fingerprint density at radius 2 is 1.96 bits per heavy atom. The zero-order valence-electron chi connectivity index (χ0n) is 17.3. The molecule has 3 aliphatic rings. The zero-order valence-corrected chi connectivity index (χ0v) is 17.3. The predicted octanol–water partition coefficient (Wildman–Crippen LogP) is 3.20. The summed E-state index contributed by atoms with van der Waals surface area (Å²) >= 11 is 0. The minimum Gasteiger partial charge on any atom is -0.353 e. The van der Waals surface area contributed by atoms with Gasteiger partial charge in [-0.3, -0.25) is 9.79 Å². The van der Waals surface area contributed by atoms with Gasteiger partial charge in [-0.25, -0.2) is 0 Å². The van der Waals surface area contributed by atoms with Gasteiger partial charge in [-0.1, -0.05) is 37.1 Å². The summed E-state index contributed by atoms with van der Waals surface area (Å²) in [4.78, 5) is 19.4. The Balaban J connectivity index is 1.30. The molecule has 5 nitrogen and oxygen atoms in total. The normalized spacial score (nSPS) is 27.9. The SMILES string of the molecule is CCN=C(NC1CCN(C(=O)C2CCCC2)C1)NC1CC1c1ccccc1C. The smallest absolute Gasteiger partial charge is 0.225 e. The van der Waals surface area contributed by atoms with Gasteiger partial charge in [-0.2, -0.15) is 0 Å². The van der Waals surface area contributed by atoms with Crippen LogP contribution in [0.2, 0.25) is 0 Å². The first-order valence-corrected chi connectivity index (χ1v) is 11.1. The Morgan fingerprint density at radius 1 is 1.18 bits per heavy atom. The van der Waals surface area contributed by atoms with Crippen molar-refractivity contribution in [3.8, 4) is 0 Å². The van der Waals surface area contributed by atoms with Crippen LogP contribution in [0.1, 0.15) is 62.5 Å². The number of aryl methyl sites for hydroxylation is 1. The van der Waals surface area contributed by atoms with Crippen molar-refractivity contribution in [2.75, 3.05) is 19.6 Å². The van der Waals surface area contributed by atoms with Gasteiger partial charge < -0.3 is 15.5 Å². The van der Waals surface area contributed by atoms with Crippen LogP contribution >= 0.6 is 0 Å². The van der Waals surface area contributed by atoms with Crippen molar-refractivity contribution < 1.29 is 4.79 Å². The number of rotatable bonds is 5. The highest BCUT2D eigenvalue weighted by atomic mass is 16.2. The molecule has 0 aromatic heterocycles. The monoisotopic (exact) mass is 382 g/mol. The third kappa shape index (κ3) is 4.34. The van der Waals surface area contributed by atoms with Gasteiger partial charge in [0.1, 0.15) is 0 Å². The van der Waals surface area contributed by atoms with Gasteiger partial charge in [-0.05, 0) is 50.7 Å². The molecule has 3 fully saturated rings. The molecule has 1 aliphatic heterocycles. The van der Waals surface area contributed by atoms with E-state index in [-0.39, 0.29) is 5.92 Å². The molecule has 2 saturated carbocycles. The summed E-state index contributed by atoms with van der Waals surface area (Å²) in [6.07, 6.45) is 6.76. The van der Waals surface area contributed by atoms with E-state index in [2.05, 4.69) is 58.6 Å². The zero-order chi connectivity index (χ0) is 19.5. The number of likely N-dealkylation sites (tertiary alicyclic amines) is 1. The minimum atomic E-state index is 0.280. The average molecular weight is 383 g/mol. The third-order valence-electron chi connectivity index (χ3n) is 6.56. The van der Waals surface area contributed by atoms with Crippen molar-refractivity contribution in [1.29, 1.82) is 0 Å². The van der Waals surface area contributed by atoms with Gasteiger partial charge in [0.15, 0.2) is 5.96 Å². The van der Waals surface area contributed by atoms with Crippen LogP contribution in [0.3, 0.4) is 0 Å². The second kappa shape index (κ2) is 8.54. The quantitative estimate of drug-likeness (QED) is 0.607. The summed E-state index contributed by atoms with van der Waals surface area (Å²) in [5.74, 6) is 2.14. The second-order valence-electron chi connectivity index (χ2n) is 8.67. The summed E-state index contributed by atoms with van der Waals surface area (Å²) in [6, 6.07) is 9.43. The first-order chi connectivity index (χ1) is 13.7. The van der Waals surface area contributed by atoms with Gasteiger partial charge in [0.25, 0.3) is 0 Å². The van der Waals surface area contributed by atoms with Gasteiger partial charge >= 0.3 is 0 Å². The number of amides is 1. The number of hydrogen-bond donors (Lipinski definition) is 2. The topological polar surface area (TPSA) is 56.7 Å². The Kier molecular flexibility index (Phi) is 5.88. The van der Waals surface area contributed by atoms with Gasteiger partial charge in [0, 0.05) is 43.6 Å². The van der Waals surface area contributed by atoms with Crippen LogP contribution in [0.4, 0.5) is 0 Å². The fourth-order valence-corrected chi connectivity index (χ4v) is 4.87. The van der Waals surface area contributed by atoms with E-state index in [0.29, 0.717) is 23.9 Å². The van der Waals surface area contributed by atoms with Crippen molar-refractivity contribution in [2.45, 2.75) is 70.4 Å². The van der Waals surface area contributed by atoms with E-state index in [1.807, 2.05) is 0 Å². The summed E-state index contributed by atoms with van der Waals surface area (Å²) in [5, 5.41) is 7.22. The van der Waals surface area contributed by atoms with Crippen LogP contribution in [-0.2, 0) is 4.79 Å². The van der Waals surface area contributed by atoms with Crippen molar-refractivity contribution in [2.24, 2.45) is 10.9 Å². The number of nitrogens with zero attached hydrogens (tertiary/aromatic N) is 2. The molecule has 152 valence electrons. The number of aliphatic imine (C=N–C) groups is 1. The maximum absolute atomic E-state index is 12.7. The molecule has 1 heterocycles. The summed E-state index contributed by atoms with van der Waals surface area (Å²) < 4.78 is 0. The lowest BCUT2D eigenvalue weighted by atomic mass is 10.0. The first-order valence-electron chi connectivity index (χ1n) is 11.1. The molecule has 3 unspecified atom stereocenters. The molecule has 2 aliphatic carbocycles. The molecule has 1 saturated heterocycles. The van der Waals surface area contributed by atoms with E-state index in [4.69, 9.17) is 0 Å². The first kappa shape index (κ1) is 19.3. The molecular weight excluding hydrogens is 348 g/mol. The highest BCUT2D eigenvalue weighted by Crippen LogP contribution is 2.42. The highest BCUT2D eigenvalue weighted by Gasteiger charge is 2.40. The summed E-state index contributed by atoms with van der Waals surface area (Å²) in [7, 11) is 0. The number of hydrogen-bond acceptors (Lipinski definition) is 2. The van der Waals surface area contributed by atoms with Gasteiger partial charge in [0.05, 0.1) is 0 Å². The highest BCUT2D eigenvalue weighted by molar-refractivity contribution is 5.82. The summed E-state index contributed by atoms with van der Waals surface area (Å²) in [5.41, 5.74) is 2.82. The Morgan fingerprint density at radius 3 is 2.71 bits per heavy atom. The number of carbonyl (C=O) groups excluding carboxylic acids is 1. The molecule has 2 N–H and O–H groups in total. The largest absolute Gasteiger partial charge is 0.353 e. The molecule has 1 aromatic rings. The molecule has 5 heteroatoms. The molecule has 4 rings (SSSR count). The molecule has 0 bridgehead atoms. The van der Waals surface area contributed by atoms with Crippen LogP contribution in [0.5, 0.6) is 0 Å². The van der Waals surface area contributed by atoms with Crippen LogP contribution in [0.25, 0.3) is 0 Å². The van der Waals surface area contributed by atoms with E-state index in [1.165, 1.54) is 24.0 Å². The average Bonchev–Trinajstić information content (AvgIpc) is 3.10. The number of benzene rings is 1. The fraction of sp³-hybridized carbons (Fsp3) is 0.652. The van der Waals surface area contributed by atoms with Crippen molar-refractivity contribution in [3.63, 3.8) is 0 Å². The van der Waals surface area contributed by atoms with Crippen LogP contribution in [-0.4, -0.2) is 48.5 Å². The van der Waals surface area contributed by atoms with E-state index in [1.54, 1.807) is 0 Å². The van der Waals surface area contributed by atoms with E-state index in [0.717, 1.165) is 51.3 Å². The minimum absolute atomic E-state index is 0.280. The molecule has 28 heavy (non-hydrogen) atoms. The second-order valence-corrected chi connectivity index (χ2v) is 8.67. The summed E-state index contributed by atoms with van der Waals surface area (Å²) in [6.45, 7) is 6.71. The van der Waals surface area contributed by atoms with Crippen LogP contribution in [0, 0.1) is 12.8 Å². The van der Waals surface area contributed by atoms with Crippen LogP contribution in [0.15, 0.2) is 29.3 Å². The number of carbonyl (C=O) groups is 1. The van der Waals surface area contributed by atoms with Crippen molar-refractivity contribution in [3.05, 3.63) is 35.4 Å². The third-order valence-corrected chi connectivity index (χ3v) is 6.56. The van der Waals surface area contributed by atoms with Gasteiger partial charge in [-0.15, -0.1) is 0 Å².